The van der Waals surface area contributed by atoms with Gasteiger partial charge in [0.1, 0.15) is 0 Å². The largest absolute Gasteiger partial charge is 0.424 e. The lowest BCUT2D eigenvalue weighted by molar-refractivity contribution is 0.159. The van der Waals surface area contributed by atoms with E-state index in [1.807, 2.05) is 0 Å². The van der Waals surface area contributed by atoms with Gasteiger partial charge < -0.3 is 9.73 Å². The summed E-state index contributed by atoms with van der Waals surface area (Å²) < 4.78 is 5.29. The molecule has 1 saturated heterocycles. The molecule has 5 nitrogen and oxygen atoms in total. The summed E-state index contributed by atoms with van der Waals surface area (Å²) in [6.45, 7) is 4.67. The zero-order valence-electron chi connectivity index (χ0n) is 7.95. The first-order chi connectivity index (χ1) is 6.25. The molecule has 0 radical (unpaired) electrons. The van der Waals surface area contributed by atoms with E-state index in [-0.39, 0.29) is 0 Å². The summed E-state index contributed by atoms with van der Waals surface area (Å²) in [7, 11) is 2.07. The van der Waals surface area contributed by atoms with E-state index in [4.69, 9.17) is 4.42 Å². The minimum absolute atomic E-state index is 0.618. The molecule has 13 heavy (non-hydrogen) atoms. The van der Waals surface area contributed by atoms with E-state index in [2.05, 4.69) is 27.5 Å². The highest BCUT2D eigenvalue weighted by Crippen LogP contribution is 2.07. The lowest BCUT2D eigenvalue weighted by Gasteiger charge is -2.34. The van der Waals surface area contributed by atoms with Gasteiger partial charge in [-0.25, -0.2) is 0 Å². The van der Waals surface area contributed by atoms with E-state index in [1.165, 1.54) is 0 Å². The fourth-order valence-corrected chi connectivity index (χ4v) is 1.33. The first-order valence-corrected chi connectivity index (χ1v) is 4.45. The number of aromatic nitrogens is 2. The first kappa shape index (κ1) is 8.65. The maximum atomic E-state index is 5.29. The Balaban J connectivity index is 1.89. The molecule has 0 spiro atoms. The molecule has 0 saturated carbocycles. The van der Waals surface area contributed by atoms with Crippen LogP contribution in [0.5, 0.6) is 0 Å². The normalized spacial score (nSPS) is 17.8. The second-order valence-electron chi connectivity index (χ2n) is 3.44. The van der Waals surface area contributed by atoms with Crippen molar-refractivity contribution in [2.75, 3.05) is 20.1 Å². The van der Waals surface area contributed by atoms with Gasteiger partial charge in [-0.2, -0.15) is 0 Å². The van der Waals surface area contributed by atoms with Gasteiger partial charge in [-0.1, -0.05) is 0 Å². The third-order valence-corrected chi connectivity index (χ3v) is 2.34. The van der Waals surface area contributed by atoms with Crippen LogP contribution in [0, 0.1) is 6.92 Å². The smallest absolute Gasteiger partial charge is 0.230 e. The van der Waals surface area contributed by atoms with Crippen molar-refractivity contribution in [1.29, 1.82) is 0 Å². The SMILES string of the molecule is Cc1nnc(CN(C)C2CNC2)o1. The molecule has 1 aromatic rings. The monoisotopic (exact) mass is 182 g/mol. The summed E-state index contributed by atoms with van der Waals surface area (Å²) >= 11 is 0. The van der Waals surface area contributed by atoms with Gasteiger partial charge in [0.25, 0.3) is 0 Å². The molecule has 1 fully saturated rings. The van der Waals surface area contributed by atoms with E-state index < -0.39 is 0 Å². The minimum Gasteiger partial charge on any atom is -0.424 e. The molecule has 2 rings (SSSR count). The molecule has 0 aliphatic carbocycles. The standard InChI is InChI=1S/C8H14N4O/c1-6-10-11-8(13-6)5-12(2)7-3-9-4-7/h7,9H,3-5H2,1-2H3. The van der Waals surface area contributed by atoms with E-state index in [9.17, 15) is 0 Å². The Labute approximate surface area is 77.1 Å². The number of aryl methyl sites for hydroxylation is 1. The Morgan fingerprint density at radius 1 is 1.54 bits per heavy atom. The zero-order valence-corrected chi connectivity index (χ0v) is 7.95. The number of rotatable bonds is 3. The summed E-state index contributed by atoms with van der Waals surface area (Å²) in [5, 5.41) is 11.0. The highest BCUT2D eigenvalue weighted by Gasteiger charge is 2.22. The van der Waals surface area contributed by atoms with Crippen LogP contribution < -0.4 is 5.32 Å². The Morgan fingerprint density at radius 3 is 2.77 bits per heavy atom. The van der Waals surface area contributed by atoms with Crippen LogP contribution in [0.4, 0.5) is 0 Å². The molecule has 1 aliphatic rings. The molecule has 1 aliphatic heterocycles. The van der Waals surface area contributed by atoms with Gasteiger partial charge in [-0.05, 0) is 7.05 Å². The van der Waals surface area contributed by atoms with Crippen molar-refractivity contribution in [2.45, 2.75) is 19.5 Å². The molecule has 0 aromatic carbocycles. The number of nitrogens with one attached hydrogen (secondary N) is 1. The van der Waals surface area contributed by atoms with E-state index in [0.29, 0.717) is 17.8 Å². The lowest BCUT2D eigenvalue weighted by atomic mass is 10.1. The molecule has 0 amide bonds. The zero-order chi connectivity index (χ0) is 9.26. The number of likely N-dealkylation sites (N-methyl/N-ethyl adjacent to an activating group) is 1. The minimum atomic E-state index is 0.618. The Hall–Kier alpha value is -0.940. The van der Waals surface area contributed by atoms with Gasteiger partial charge in [0.2, 0.25) is 11.8 Å². The molecule has 5 heteroatoms. The maximum absolute atomic E-state index is 5.29. The summed E-state index contributed by atoms with van der Waals surface area (Å²) in [4.78, 5) is 2.23. The van der Waals surface area contributed by atoms with Gasteiger partial charge in [-0.3, -0.25) is 4.90 Å². The van der Waals surface area contributed by atoms with E-state index in [0.717, 1.165) is 19.6 Å². The van der Waals surface area contributed by atoms with Crippen LogP contribution in [0.2, 0.25) is 0 Å². The summed E-state index contributed by atoms with van der Waals surface area (Å²) in [5.41, 5.74) is 0. The third-order valence-electron chi connectivity index (χ3n) is 2.34. The van der Waals surface area contributed by atoms with Crippen molar-refractivity contribution < 1.29 is 4.42 Å². The van der Waals surface area contributed by atoms with Gasteiger partial charge in [0.05, 0.1) is 6.54 Å². The van der Waals surface area contributed by atoms with Crippen LogP contribution in [0.25, 0.3) is 0 Å². The topological polar surface area (TPSA) is 54.2 Å². The molecule has 0 atom stereocenters. The average Bonchev–Trinajstić information content (AvgIpc) is 2.31. The third kappa shape index (κ3) is 1.87. The Kier molecular flexibility index (Phi) is 2.28. The molecule has 1 N–H and O–H groups in total. The predicted molar refractivity (Wildman–Crippen MR) is 47.2 cm³/mol. The predicted octanol–water partition coefficient (Wildman–Crippen LogP) is -0.218. The molecule has 0 unspecified atom stereocenters. The maximum Gasteiger partial charge on any atom is 0.230 e. The van der Waals surface area contributed by atoms with Crippen molar-refractivity contribution in [2.24, 2.45) is 0 Å². The Morgan fingerprint density at radius 2 is 2.31 bits per heavy atom. The molecular weight excluding hydrogens is 168 g/mol. The quantitative estimate of drug-likeness (QED) is 0.700. The number of nitrogens with zero attached hydrogens (tertiary/aromatic N) is 3. The van der Waals surface area contributed by atoms with Crippen LogP contribution >= 0.6 is 0 Å². The van der Waals surface area contributed by atoms with Crippen LogP contribution in [0.3, 0.4) is 0 Å². The molecule has 0 bridgehead atoms. The fraction of sp³-hybridized carbons (Fsp3) is 0.750. The summed E-state index contributed by atoms with van der Waals surface area (Å²) in [5.74, 6) is 1.34. The van der Waals surface area contributed by atoms with Gasteiger partial charge in [-0.15, -0.1) is 10.2 Å². The van der Waals surface area contributed by atoms with Gasteiger partial charge in [0.15, 0.2) is 0 Å². The molecule has 2 heterocycles. The van der Waals surface area contributed by atoms with Crippen LogP contribution in [-0.4, -0.2) is 41.3 Å². The molecule has 72 valence electrons. The highest BCUT2D eigenvalue weighted by atomic mass is 16.4. The summed E-state index contributed by atoms with van der Waals surface area (Å²) in [6.07, 6.45) is 0. The second kappa shape index (κ2) is 3.43. The first-order valence-electron chi connectivity index (χ1n) is 4.45. The van der Waals surface area contributed by atoms with Crippen molar-refractivity contribution in [3.05, 3.63) is 11.8 Å². The lowest BCUT2D eigenvalue weighted by Crippen LogP contribution is -2.55. The fourth-order valence-electron chi connectivity index (χ4n) is 1.33. The van der Waals surface area contributed by atoms with Crippen LogP contribution in [-0.2, 0) is 6.54 Å². The van der Waals surface area contributed by atoms with Crippen molar-refractivity contribution in [3.8, 4) is 0 Å². The van der Waals surface area contributed by atoms with E-state index in [1.54, 1.807) is 6.92 Å². The van der Waals surface area contributed by atoms with Gasteiger partial charge in [0, 0.05) is 26.1 Å². The highest BCUT2D eigenvalue weighted by molar-refractivity contribution is 4.86. The van der Waals surface area contributed by atoms with Crippen LogP contribution in [0.15, 0.2) is 4.42 Å². The summed E-state index contributed by atoms with van der Waals surface area (Å²) in [6, 6.07) is 0.618. The van der Waals surface area contributed by atoms with Crippen molar-refractivity contribution in [3.63, 3.8) is 0 Å². The van der Waals surface area contributed by atoms with Crippen LogP contribution in [0.1, 0.15) is 11.8 Å². The van der Waals surface area contributed by atoms with Gasteiger partial charge >= 0.3 is 0 Å². The molecular formula is C8H14N4O. The Bertz CT molecular complexity index is 281. The van der Waals surface area contributed by atoms with E-state index >= 15 is 0 Å². The number of hydrogen-bond donors (Lipinski definition) is 1. The molecule has 1 aromatic heterocycles. The second-order valence-corrected chi connectivity index (χ2v) is 3.44. The van der Waals surface area contributed by atoms with Crippen molar-refractivity contribution >= 4 is 0 Å². The number of hydrogen-bond acceptors (Lipinski definition) is 5. The van der Waals surface area contributed by atoms with Crippen molar-refractivity contribution in [1.82, 2.24) is 20.4 Å². The average molecular weight is 182 g/mol.